The van der Waals surface area contributed by atoms with E-state index in [0.717, 1.165) is 44.3 Å². The molecule has 9 heteroatoms. The summed E-state index contributed by atoms with van der Waals surface area (Å²) in [5, 5.41) is 12.9. The number of ether oxygens (including phenoxy) is 2. The van der Waals surface area contributed by atoms with Crippen molar-refractivity contribution in [1.82, 2.24) is 15.1 Å². The van der Waals surface area contributed by atoms with Crippen molar-refractivity contribution in [2.24, 2.45) is 5.92 Å². The van der Waals surface area contributed by atoms with Crippen LogP contribution in [-0.4, -0.2) is 67.6 Å². The first-order chi connectivity index (χ1) is 22.1. The van der Waals surface area contributed by atoms with Crippen molar-refractivity contribution >= 4 is 22.3 Å². The van der Waals surface area contributed by atoms with E-state index in [0.29, 0.717) is 86.7 Å². The monoisotopic (exact) mass is 596 g/mol. The van der Waals surface area contributed by atoms with Crippen molar-refractivity contribution in [3.8, 4) is 5.75 Å². The SMILES string of the molecule is [2H]C([2H])([2H])c1nnc2c3cc(N4CCOCC4)c(cc13)OCCCCCCCN1CCC(CC1)C(F)(F)c1cccc(c1)[C@@H](C)N2. The van der Waals surface area contributed by atoms with Crippen molar-refractivity contribution in [3.05, 3.63) is 53.2 Å². The molecule has 0 saturated carbocycles. The first-order valence-electron chi connectivity index (χ1n) is 17.4. The zero-order chi connectivity index (χ0) is 32.3. The number of rotatable bonds is 1. The van der Waals surface area contributed by atoms with Crippen LogP contribution >= 0.6 is 0 Å². The van der Waals surface area contributed by atoms with E-state index in [9.17, 15) is 0 Å². The summed E-state index contributed by atoms with van der Waals surface area (Å²) in [6.07, 6.45) is 6.08. The van der Waals surface area contributed by atoms with Crippen LogP contribution in [0.3, 0.4) is 0 Å². The number of hydrogen-bond acceptors (Lipinski definition) is 7. The molecular weight excluding hydrogens is 548 g/mol. The van der Waals surface area contributed by atoms with E-state index < -0.39 is 24.7 Å². The molecule has 2 saturated heterocycles. The second kappa shape index (κ2) is 13.3. The van der Waals surface area contributed by atoms with Crippen LogP contribution in [0.1, 0.15) is 78.8 Å². The summed E-state index contributed by atoms with van der Waals surface area (Å²) in [7, 11) is 0. The number of halogens is 2. The zero-order valence-corrected chi connectivity index (χ0v) is 25.1. The third kappa shape index (κ3) is 6.73. The Kier molecular flexibility index (Phi) is 8.16. The normalized spacial score (nSPS) is 26.7. The molecule has 232 valence electrons. The number of nitrogens with one attached hydrogen (secondary N) is 1. The molecule has 43 heavy (non-hydrogen) atoms. The highest BCUT2D eigenvalue weighted by molar-refractivity contribution is 5.97. The Labute approximate surface area is 258 Å². The maximum Gasteiger partial charge on any atom is 0.276 e. The van der Waals surface area contributed by atoms with Crippen LogP contribution in [0.4, 0.5) is 20.3 Å². The van der Waals surface area contributed by atoms with Crippen molar-refractivity contribution in [1.29, 1.82) is 0 Å². The molecule has 6 aliphatic rings. The predicted molar refractivity (Wildman–Crippen MR) is 167 cm³/mol. The lowest BCUT2D eigenvalue weighted by Gasteiger charge is -2.36. The molecule has 6 aliphatic heterocycles. The van der Waals surface area contributed by atoms with Gasteiger partial charge in [0.2, 0.25) is 0 Å². The number of morpholine rings is 1. The van der Waals surface area contributed by atoms with Crippen LogP contribution in [0, 0.1) is 12.8 Å². The number of piperidine rings is 1. The van der Waals surface area contributed by atoms with E-state index in [-0.39, 0.29) is 11.3 Å². The Morgan fingerprint density at radius 2 is 1.70 bits per heavy atom. The van der Waals surface area contributed by atoms with E-state index in [1.165, 1.54) is 6.07 Å². The molecule has 8 bridgehead atoms. The second-order valence-corrected chi connectivity index (χ2v) is 12.2. The average molecular weight is 597 g/mol. The van der Waals surface area contributed by atoms with Crippen LogP contribution in [0.15, 0.2) is 36.4 Å². The number of benzene rings is 2. The van der Waals surface area contributed by atoms with Crippen molar-refractivity contribution < 1.29 is 22.4 Å². The van der Waals surface area contributed by atoms with Crippen molar-refractivity contribution in [2.75, 3.05) is 62.8 Å². The number of aromatic nitrogens is 2. The maximum atomic E-state index is 15.9. The minimum Gasteiger partial charge on any atom is -0.491 e. The van der Waals surface area contributed by atoms with Gasteiger partial charge in [0.15, 0.2) is 5.82 Å². The smallest absolute Gasteiger partial charge is 0.276 e. The molecule has 0 amide bonds. The van der Waals surface area contributed by atoms with Crippen LogP contribution in [0.5, 0.6) is 5.75 Å². The fourth-order valence-corrected chi connectivity index (χ4v) is 6.65. The Morgan fingerprint density at radius 3 is 2.51 bits per heavy atom. The molecule has 1 atom stereocenters. The number of aryl methyl sites for hydroxylation is 1. The minimum atomic E-state index is -2.94. The first-order valence-corrected chi connectivity index (χ1v) is 15.9. The molecule has 7 nitrogen and oxygen atoms in total. The second-order valence-electron chi connectivity index (χ2n) is 12.2. The van der Waals surface area contributed by atoms with Crippen molar-refractivity contribution in [2.45, 2.75) is 70.7 Å². The lowest BCUT2D eigenvalue weighted by molar-refractivity contribution is -0.0855. The Morgan fingerprint density at radius 1 is 0.907 bits per heavy atom. The molecule has 2 aromatic carbocycles. The Bertz CT molecular complexity index is 1490. The zero-order valence-electron chi connectivity index (χ0n) is 28.1. The topological polar surface area (TPSA) is 62.8 Å². The number of nitrogens with zero attached hydrogens (tertiary/aromatic N) is 4. The van der Waals surface area contributed by atoms with Gasteiger partial charge in [-0.05, 0) is 82.9 Å². The van der Waals surface area contributed by atoms with E-state index in [4.69, 9.17) is 13.6 Å². The van der Waals surface area contributed by atoms with E-state index in [1.807, 2.05) is 19.1 Å². The van der Waals surface area contributed by atoms with Gasteiger partial charge < -0.3 is 24.6 Å². The minimum absolute atomic E-state index is 0.0283. The summed E-state index contributed by atoms with van der Waals surface area (Å²) < 4.78 is 68.4. The Balaban J connectivity index is 1.40. The van der Waals surface area contributed by atoms with Gasteiger partial charge in [-0.2, -0.15) is 5.10 Å². The highest BCUT2D eigenvalue weighted by atomic mass is 19.3. The lowest BCUT2D eigenvalue weighted by Crippen LogP contribution is -2.40. The Hall–Kier alpha value is -3.04. The van der Waals surface area contributed by atoms with Crippen LogP contribution < -0.4 is 15.0 Å². The van der Waals surface area contributed by atoms with Crippen LogP contribution in [0.2, 0.25) is 0 Å². The molecule has 1 N–H and O–H groups in total. The quantitative estimate of drug-likeness (QED) is 0.322. The highest BCUT2D eigenvalue weighted by Gasteiger charge is 2.42. The molecule has 0 aliphatic carbocycles. The summed E-state index contributed by atoms with van der Waals surface area (Å²) in [6.45, 7) is 4.77. The predicted octanol–water partition coefficient (Wildman–Crippen LogP) is 7.09. The molecule has 0 spiro atoms. The summed E-state index contributed by atoms with van der Waals surface area (Å²) in [5.41, 5.74) is 1.47. The van der Waals surface area contributed by atoms with E-state index in [1.54, 1.807) is 18.2 Å². The summed E-state index contributed by atoms with van der Waals surface area (Å²) >= 11 is 0. The average Bonchev–Trinajstić information content (AvgIpc) is 3.05. The van der Waals surface area contributed by atoms with Gasteiger partial charge in [0.1, 0.15) is 5.75 Å². The molecule has 0 unspecified atom stereocenters. The standard InChI is InChI=1S/C34H45F2N5O2/c1-24-26-9-8-10-28(21-26)34(35,36)27-11-14-40(15-12-27)13-6-4-3-5-7-18-43-32-23-29-25(2)38-39-33(37-24)30(29)22-31(32)41-16-19-42-20-17-41/h8-10,21-24,27H,3-7,11-20H2,1-2H3,(H,37,39)/t24-/m1/s1/i2D3. The van der Waals surface area contributed by atoms with Gasteiger partial charge >= 0.3 is 0 Å². The largest absolute Gasteiger partial charge is 0.491 e. The fraction of sp³-hybridized carbons (Fsp3) is 0.588. The molecule has 2 fully saturated rings. The molecular formula is C34H45F2N5O2. The van der Waals surface area contributed by atoms with E-state index in [2.05, 4.69) is 25.3 Å². The molecule has 7 heterocycles. The van der Waals surface area contributed by atoms with Gasteiger partial charge in [-0.15, -0.1) is 5.10 Å². The molecule has 3 aromatic rings. The van der Waals surface area contributed by atoms with Gasteiger partial charge in [0.25, 0.3) is 5.92 Å². The van der Waals surface area contributed by atoms with E-state index >= 15 is 8.78 Å². The highest BCUT2D eigenvalue weighted by Crippen LogP contribution is 2.43. The summed E-state index contributed by atoms with van der Waals surface area (Å²) in [5.74, 6) is -2.63. The third-order valence-corrected chi connectivity index (χ3v) is 9.31. The number of alkyl halides is 2. The third-order valence-electron chi connectivity index (χ3n) is 9.31. The van der Waals surface area contributed by atoms with Gasteiger partial charge in [-0.25, -0.2) is 8.78 Å². The first kappa shape index (κ1) is 26.4. The van der Waals surface area contributed by atoms with Gasteiger partial charge in [0, 0.05) is 39.5 Å². The fourth-order valence-electron chi connectivity index (χ4n) is 6.65. The molecule has 1 aromatic heterocycles. The summed E-state index contributed by atoms with van der Waals surface area (Å²) in [4.78, 5) is 4.53. The van der Waals surface area contributed by atoms with Gasteiger partial charge in [0.05, 0.1) is 37.2 Å². The maximum absolute atomic E-state index is 15.9. The number of hydrogen-bond donors (Lipinski definition) is 1. The lowest BCUT2D eigenvalue weighted by atomic mass is 9.85. The molecule has 0 radical (unpaired) electrons. The summed E-state index contributed by atoms with van der Waals surface area (Å²) in [6, 6.07) is 9.96. The van der Waals surface area contributed by atoms with Gasteiger partial charge in [-0.3, -0.25) is 0 Å². The number of anilines is 2. The van der Waals surface area contributed by atoms with Gasteiger partial charge in [-0.1, -0.05) is 37.5 Å². The van der Waals surface area contributed by atoms with Crippen molar-refractivity contribution in [3.63, 3.8) is 0 Å². The van der Waals surface area contributed by atoms with Crippen LogP contribution in [-0.2, 0) is 10.7 Å². The van der Waals surface area contributed by atoms with Crippen LogP contribution in [0.25, 0.3) is 10.8 Å². The molecule has 9 rings (SSSR count).